The molecule has 2 aromatic heterocycles. The number of carbonyl (C=O) groups is 2. The second-order valence-electron chi connectivity index (χ2n) is 8.77. The smallest absolute Gasteiger partial charge is 0.284 e. The molecule has 4 aliphatic rings. The molecule has 4 aliphatic carbocycles. The number of hydrogen-bond donors (Lipinski definition) is 1. The average Bonchev–Trinajstić information content (AvgIpc) is 3.05. The van der Waals surface area contributed by atoms with Crippen LogP contribution in [0.4, 0.5) is 4.39 Å². The normalized spacial score (nSPS) is 24.5. The summed E-state index contributed by atoms with van der Waals surface area (Å²) in [5.74, 6) is 5.74. The van der Waals surface area contributed by atoms with Gasteiger partial charge in [0.05, 0.1) is 11.3 Å². The number of imidazole rings is 1. The van der Waals surface area contributed by atoms with Crippen LogP contribution < -0.4 is 5.73 Å². The third kappa shape index (κ3) is 2.46. The fourth-order valence-corrected chi connectivity index (χ4v) is 4.94. The molecule has 3 aromatic rings. The molecule has 2 N–H and O–H groups in total. The zero-order chi connectivity index (χ0) is 22.4. The summed E-state index contributed by atoms with van der Waals surface area (Å²) in [5, 5.41) is 3.83. The maximum Gasteiger partial charge on any atom is 0.284 e. The molecule has 8 nitrogen and oxygen atoms in total. The summed E-state index contributed by atoms with van der Waals surface area (Å²) in [6, 6.07) is 3.17. The Kier molecular flexibility index (Phi) is 3.62. The van der Waals surface area contributed by atoms with Gasteiger partial charge in [0.25, 0.3) is 5.91 Å². The van der Waals surface area contributed by atoms with Crippen molar-refractivity contribution in [3.8, 4) is 23.1 Å². The van der Waals surface area contributed by atoms with Crippen molar-refractivity contribution < 1.29 is 18.5 Å². The first-order valence-electron chi connectivity index (χ1n) is 10.4. The van der Waals surface area contributed by atoms with E-state index < -0.39 is 17.1 Å². The van der Waals surface area contributed by atoms with Crippen LogP contribution >= 0.6 is 0 Å². The number of carbonyl (C=O) groups excluding carboxylic acids is 2. The summed E-state index contributed by atoms with van der Waals surface area (Å²) >= 11 is 0. The standard InChI is InChI=1S/C23H18FN5O3/c1-10-26-22(28-32-10)23(9-17(23)30)4-3-11-7-15-14(8-16(11)24)12-5-13(6-12)19-18(15)27-21(20(25)31)29(19)2/h7-8,12-13H,5-6,9H2,1-2H3,(H2,25,31)/t12?,13?,23-/m1/s1. The highest BCUT2D eigenvalue weighted by Crippen LogP contribution is 2.55. The fraction of sp³-hybridized carbons (Fsp3) is 0.348. The summed E-state index contributed by atoms with van der Waals surface area (Å²) < 4.78 is 21.8. The van der Waals surface area contributed by atoms with E-state index in [4.69, 9.17) is 10.3 Å². The summed E-state index contributed by atoms with van der Waals surface area (Å²) in [6.07, 6.45) is 1.91. The van der Waals surface area contributed by atoms with Gasteiger partial charge >= 0.3 is 0 Å². The number of nitrogens with two attached hydrogens (primary N) is 1. The number of Topliss-reactive ketones (excluding diaryl/α,β-unsaturated/α-hetero) is 1. The summed E-state index contributed by atoms with van der Waals surface area (Å²) in [4.78, 5) is 32.7. The first-order chi connectivity index (χ1) is 15.3. The molecule has 1 amide bonds. The van der Waals surface area contributed by atoms with Gasteiger partial charge in [0.15, 0.2) is 22.8 Å². The van der Waals surface area contributed by atoms with E-state index in [2.05, 4.69) is 27.0 Å². The van der Waals surface area contributed by atoms with Gasteiger partial charge in [-0.2, -0.15) is 4.98 Å². The molecule has 160 valence electrons. The highest BCUT2D eigenvalue weighted by atomic mass is 19.1. The lowest BCUT2D eigenvalue weighted by molar-refractivity contribution is -0.111. The highest BCUT2D eigenvalue weighted by Gasteiger charge is 2.58. The molecule has 0 unspecified atom stereocenters. The molecule has 2 heterocycles. The molecule has 7 rings (SSSR count). The summed E-state index contributed by atoms with van der Waals surface area (Å²) in [5.41, 5.74) is 7.73. The number of amides is 1. The second-order valence-corrected chi connectivity index (χ2v) is 8.77. The third-order valence-corrected chi connectivity index (χ3v) is 6.82. The lowest BCUT2D eigenvalue weighted by Crippen LogP contribution is -2.23. The molecular weight excluding hydrogens is 413 g/mol. The maximum atomic E-state index is 15.1. The maximum absolute atomic E-state index is 15.1. The molecule has 0 saturated heterocycles. The number of aromatic nitrogens is 4. The molecule has 1 aromatic carbocycles. The molecule has 2 bridgehead atoms. The lowest BCUT2D eigenvalue weighted by atomic mass is 9.71. The molecule has 2 fully saturated rings. The quantitative estimate of drug-likeness (QED) is 0.622. The minimum atomic E-state index is -1.14. The van der Waals surface area contributed by atoms with E-state index in [0.29, 0.717) is 11.6 Å². The predicted molar refractivity (Wildman–Crippen MR) is 109 cm³/mol. The Morgan fingerprint density at radius 1 is 1.31 bits per heavy atom. The number of primary amides is 1. The van der Waals surface area contributed by atoms with Gasteiger partial charge in [-0.05, 0) is 36.5 Å². The van der Waals surface area contributed by atoms with E-state index in [9.17, 15) is 9.59 Å². The average molecular weight is 431 g/mol. The SMILES string of the molecule is Cc1nc([C@]2(C#Cc3cc4c(cc3F)C3CC(C3)c3c-4nc(C(N)=O)n3C)CC2=O)no1. The molecule has 0 aliphatic heterocycles. The Bertz CT molecular complexity index is 1420. The van der Waals surface area contributed by atoms with E-state index in [1.54, 1.807) is 24.6 Å². The highest BCUT2D eigenvalue weighted by molar-refractivity contribution is 6.09. The molecule has 0 spiro atoms. The molecule has 0 radical (unpaired) electrons. The number of rotatable bonds is 2. The van der Waals surface area contributed by atoms with E-state index >= 15 is 4.39 Å². The van der Waals surface area contributed by atoms with Crippen molar-refractivity contribution in [2.24, 2.45) is 12.8 Å². The van der Waals surface area contributed by atoms with Crippen LogP contribution in [0.25, 0.3) is 11.3 Å². The van der Waals surface area contributed by atoms with Crippen molar-refractivity contribution in [1.29, 1.82) is 0 Å². The fourth-order valence-electron chi connectivity index (χ4n) is 4.94. The molecule has 32 heavy (non-hydrogen) atoms. The summed E-state index contributed by atoms with van der Waals surface area (Å²) in [6.45, 7) is 1.63. The third-order valence-electron chi connectivity index (χ3n) is 6.82. The van der Waals surface area contributed by atoms with Crippen molar-refractivity contribution in [2.75, 3.05) is 0 Å². The van der Waals surface area contributed by atoms with E-state index in [-0.39, 0.29) is 41.3 Å². The first kappa shape index (κ1) is 18.9. The Morgan fingerprint density at radius 3 is 2.69 bits per heavy atom. The Balaban J connectivity index is 1.49. The number of halogens is 1. The van der Waals surface area contributed by atoms with Gasteiger partial charge in [-0.25, -0.2) is 9.37 Å². The van der Waals surface area contributed by atoms with Gasteiger partial charge in [0, 0.05) is 37.6 Å². The number of hydrogen-bond acceptors (Lipinski definition) is 6. The molecule has 9 heteroatoms. The predicted octanol–water partition coefficient (Wildman–Crippen LogP) is 2.25. The van der Waals surface area contributed by atoms with Crippen molar-refractivity contribution in [1.82, 2.24) is 19.7 Å². The summed E-state index contributed by atoms with van der Waals surface area (Å²) in [7, 11) is 1.78. The second kappa shape index (κ2) is 6.13. The van der Waals surface area contributed by atoms with Crippen LogP contribution in [-0.2, 0) is 17.3 Å². The van der Waals surface area contributed by atoms with Gasteiger partial charge in [-0.15, -0.1) is 0 Å². The zero-order valence-corrected chi connectivity index (χ0v) is 17.4. The zero-order valence-electron chi connectivity index (χ0n) is 17.4. The number of nitrogens with zero attached hydrogens (tertiary/aromatic N) is 4. The number of aryl methyl sites for hydroxylation is 1. The van der Waals surface area contributed by atoms with E-state index in [1.165, 1.54) is 6.07 Å². The largest absolute Gasteiger partial charge is 0.363 e. The van der Waals surface area contributed by atoms with E-state index in [0.717, 1.165) is 29.7 Å². The first-order valence-corrected chi connectivity index (χ1v) is 10.4. The van der Waals surface area contributed by atoms with Crippen LogP contribution in [0.3, 0.4) is 0 Å². The van der Waals surface area contributed by atoms with Crippen LogP contribution in [0.15, 0.2) is 16.7 Å². The number of benzene rings is 1. The van der Waals surface area contributed by atoms with Gasteiger partial charge < -0.3 is 14.8 Å². The van der Waals surface area contributed by atoms with Gasteiger partial charge in [-0.1, -0.05) is 17.0 Å². The van der Waals surface area contributed by atoms with Crippen molar-refractivity contribution in [3.63, 3.8) is 0 Å². The van der Waals surface area contributed by atoms with Crippen LogP contribution in [-0.4, -0.2) is 31.4 Å². The van der Waals surface area contributed by atoms with Gasteiger partial charge in [-0.3, -0.25) is 9.59 Å². The van der Waals surface area contributed by atoms with Crippen molar-refractivity contribution >= 4 is 11.7 Å². The monoisotopic (exact) mass is 431 g/mol. The minimum absolute atomic E-state index is 0.125. The van der Waals surface area contributed by atoms with Crippen LogP contribution in [0.1, 0.15) is 70.3 Å². The Morgan fingerprint density at radius 2 is 2.06 bits per heavy atom. The minimum Gasteiger partial charge on any atom is -0.363 e. The number of ketones is 1. The topological polar surface area (TPSA) is 117 Å². The van der Waals surface area contributed by atoms with Gasteiger partial charge in [0.2, 0.25) is 5.89 Å². The Labute approximate surface area is 182 Å². The molecule has 2 saturated carbocycles. The van der Waals surface area contributed by atoms with Gasteiger partial charge in [0.1, 0.15) is 5.82 Å². The molecule has 1 atom stereocenters. The van der Waals surface area contributed by atoms with E-state index in [1.807, 2.05) is 0 Å². The molecular formula is C23H18FN5O3. The van der Waals surface area contributed by atoms with Crippen molar-refractivity contribution in [3.05, 3.63) is 52.3 Å². The van der Waals surface area contributed by atoms with Crippen LogP contribution in [0.2, 0.25) is 0 Å². The lowest BCUT2D eigenvalue weighted by Gasteiger charge is -2.34. The van der Waals surface area contributed by atoms with Crippen LogP contribution in [0.5, 0.6) is 0 Å². The Hall–Kier alpha value is -3.80. The van der Waals surface area contributed by atoms with Crippen LogP contribution in [0, 0.1) is 24.6 Å². The van der Waals surface area contributed by atoms with Crippen molar-refractivity contribution in [2.45, 2.75) is 43.4 Å².